The number of benzene rings is 1. The molecule has 25 heavy (non-hydrogen) atoms. The number of amides is 1. The molecule has 1 aromatic carbocycles. The van der Waals surface area contributed by atoms with Crippen LogP contribution in [0, 0.1) is 6.92 Å². The number of hydrogen-bond donors (Lipinski definition) is 1. The Hall–Kier alpha value is -2.11. The first kappa shape index (κ1) is 17.7. The fourth-order valence-electron chi connectivity index (χ4n) is 3.05. The van der Waals surface area contributed by atoms with Gasteiger partial charge in [-0.05, 0) is 49.4 Å². The van der Waals surface area contributed by atoms with Crippen molar-refractivity contribution in [2.75, 3.05) is 42.9 Å². The molecule has 1 N–H and O–H groups in total. The smallest absolute Gasteiger partial charge is 0.255 e. The Morgan fingerprint density at radius 2 is 1.96 bits per heavy atom. The van der Waals surface area contributed by atoms with Crippen molar-refractivity contribution in [2.24, 2.45) is 0 Å². The largest absolute Gasteiger partial charge is 0.369 e. The van der Waals surface area contributed by atoms with Crippen molar-refractivity contribution in [3.8, 4) is 0 Å². The van der Waals surface area contributed by atoms with Gasteiger partial charge in [-0.2, -0.15) is 0 Å². The lowest BCUT2D eigenvalue weighted by Gasteiger charge is -2.35. The molecule has 1 saturated heterocycles. The van der Waals surface area contributed by atoms with E-state index in [1.807, 2.05) is 13.0 Å². The maximum atomic E-state index is 12.4. The van der Waals surface area contributed by atoms with Gasteiger partial charge in [-0.3, -0.25) is 4.79 Å². The van der Waals surface area contributed by atoms with Gasteiger partial charge in [-0.1, -0.05) is 18.5 Å². The molecule has 2 heterocycles. The summed E-state index contributed by atoms with van der Waals surface area (Å²) in [5.41, 5.74) is 3.56. The molecule has 6 heteroatoms. The molecule has 3 rings (SSSR count). The van der Waals surface area contributed by atoms with E-state index in [4.69, 9.17) is 11.6 Å². The van der Waals surface area contributed by atoms with E-state index in [0.29, 0.717) is 10.7 Å². The Kier molecular flexibility index (Phi) is 5.56. The summed E-state index contributed by atoms with van der Waals surface area (Å²) in [6.07, 6.45) is 1.53. The number of carbonyl (C=O) groups is 1. The monoisotopic (exact) mass is 358 g/mol. The van der Waals surface area contributed by atoms with Crippen molar-refractivity contribution < 1.29 is 4.79 Å². The van der Waals surface area contributed by atoms with E-state index < -0.39 is 0 Å². The number of rotatable bonds is 4. The highest BCUT2D eigenvalue weighted by molar-refractivity contribution is 6.29. The van der Waals surface area contributed by atoms with Crippen molar-refractivity contribution in [3.05, 3.63) is 52.8 Å². The van der Waals surface area contributed by atoms with Crippen LogP contribution in [0.25, 0.3) is 0 Å². The lowest BCUT2D eigenvalue weighted by molar-refractivity contribution is 0.102. The van der Waals surface area contributed by atoms with E-state index in [2.05, 4.69) is 39.2 Å². The van der Waals surface area contributed by atoms with Crippen LogP contribution in [0.1, 0.15) is 22.8 Å². The minimum absolute atomic E-state index is 0.184. The zero-order chi connectivity index (χ0) is 17.8. The van der Waals surface area contributed by atoms with Crippen LogP contribution in [0.15, 0.2) is 36.5 Å². The normalized spacial score (nSPS) is 15.2. The van der Waals surface area contributed by atoms with Crippen LogP contribution in [0.5, 0.6) is 0 Å². The van der Waals surface area contributed by atoms with Crippen molar-refractivity contribution in [2.45, 2.75) is 13.8 Å². The molecule has 1 fully saturated rings. The third kappa shape index (κ3) is 4.30. The van der Waals surface area contributed by atoms with Crippen LogP contribution in [0.3, 0.4) is 0 Å². The van der Waals surface area contributed by atoms with Gasteiger partial charge in [0.05, 0.1) is 0 Å². The van der Waals surface area contributed by atoms with Gasteiger partial charge in [-0.15, -0.1) is 0 Å². The van der Waals surface area contributed by atoms with Crippen LogP contribution in [0.4, 0.5) is 11.4 Å². The van der Waals surface area contributed by atoms with Crippen molar-refractivity contribution in [1.29, 1.82) is 0 Å². The molecule has 1 amide bonds. The first-order valence-corrected chi connectivity index (χ1v) is 8.95. The average molecular weight is 359 g/mol. The highest BCUT2D eigenvalue weighted by Gasteiger charge is 2.16. The predicted molar refractivity (Wildman–Crippen MR) is 103 cm³/mol. The summed E-state index contributed by atoms with van der Waals surface area (Å²) in [5, 5.41) is 3.26. The lowest BCUT2D eigenvalue weighted by atomic mass is 10.1. The van der Waals surface area contributed by atoms with Gasteiger partial charge in [-0.25, -0.2) is 4.98 Å². The van der Waals surface area contributed by atoms with Crippen molar-refractivity contribution in [3.63, 3.8) is 0 Å². The summed E-state index contributed by atoms with van der Waals surface area (Å²) in [6, 6.07) is 9.39. The molecule has 0 saturated carbocycles. The number of aromatic nitrogens is 1. The second-order valence-corrected chi connectivity index (χ2v) is 6.63. The third-order valence-electron chi connectivity index (χ3n) is 4.63. The molecule has 132 valence electrons. The highest BCUT2D eigenvalue weighted by Crippen LogP contribution is 2.24. The molecular weight excluding hydrogens is 336 g/mol. The molecule has 0 radical (unpaired) electrons. The minimum Gasteiger partial charge on any atom is -0.369 e. The molecule has 0 aliphatic carbocycles. The lowest BCUT2D eigenvalue weighted by Crippen LogP contribution is -2.46. The first-order valence-electron chi connectivity index (χ1n) is 8.57. The van der Waals surface area contributed by atoms with Crippen LogP contribution in [-0.4, -0.2) is 48.5 Å². The number of hydrogen-bond acceptors (Lipinski definition) is 4. The number of piperazine rings is 1. The number of pyridine rings is 1. The third-order valence-corrected chi connectivity index (χ3v) is 4.84. The van der Waals surface area contributed by atoms with E-state index in [-0.39, 0.29) is 5.91 Å². The Labute approximate surface area is 153 Å². The Morgan fingerprint density at radius 3 is 2.60 bits per heavy atom. The van der Waals surface area contributed by atoms with Crippen molar-refractivity contribution >= 4 is 28.9 Å². The number of nitrogens with one attached hydrogen (secondary N) is 1. The maximum absolute atomic E-state index is 12.4. The quantitative estimate of drug-likeness (QED) is 0.850. The van der Waals surface area contributed by atoms with Crippen LogP contribution >= 0.6 is 11.6 Å². The topological polar surface area (TPSA) is 48.5 Å². The molecule has 1 aliphatic rings. The van der Waals surface area contributed by atoms with E-state index in [1.54, 1.807) is 12.1 Å². The van der Waals surface area contributed by atoms with E-state index in [9.17, 15) is 4.79 Å². The summed E-state index contributed by atoms with van der Waals surface area (Å²) >= 11 is 5.85. The summed E-state index contributed by atoms with van der Waals surface area (Å²) in [4.78, 5) is 21.1. The standard InChI is InChI=1S/C19H23ClN4O/c1-3-23-8-10-24(11-9-23)16-4-5-17(14(2)12-16)22-19(25)15-6-7-21-18(20)13-15/h4-7,12-13H,3,8-11H2,1-2H3,(H,22,25). The Balaban J connectivity index is 1.69. The number of carbonyl (C=O) groups excluding carboxylic acids is 1. The number of anilines is 2. The fraction of sp³-hybridized carbons (Fsp3) is 0.368. The number of aryl methyl sites for hydroxylation is 1. The SMILES string of the molecule is CCN1CCN(c2ccc(NC(=O)c3ccnc(Cl)c3)c(C)c2)CC1. The number of likely N-dealkylation sites (N-methyl/N-ethyl adjacent to an activating group) is 1. The zero-order valence-corrected chi connectivity index (χ0v) is 15.4. The predicted octanol–water partition coefficient (Wildman–Crippen LogP) is 3.44. The Bertz CT molecular complexity index is 757. The van der Waals surface area contributed by atoms with Gasteiger partial charge in [0.2, 0.25) is 0 Å². The summed E-state index contributed by atoms with van der Waals surface area (Å²) in [6.45, 7) is 9.59. The second-order valence-electron chi connectivity index (χ2n) is 6.24. The van der Waals surface area contributed by atoms with Crippen LogP contribution < -0.4 is 10.2 Å². The van der Waals surface area contributed by atoms with Crippen LogP contribution in [0.2, 0.25) is 5.15 Å². The van der Waals surface area contributed by atoms with Gasteiger partial charge < -0.3 is 15.1 Å². The van der Waals surface area contributed by atoms with Gasteiger partial charge in [0.15, 0.2) is 0 Å². The van der Waals surface area contributed by atoms with Gasteiger partial charge >= 0.3 is 0 Å². The zero-order valence-electron chi connectivity index (χ0n) is 14.6. The van der Waals surface area contributed by atoms with Gasteiger partial charge in [0.25, 0.3) is 5.91 Å². The molecule has 2 aromatic rings. The fourth-order valence-corrected chi connectivity index (χ4v) is 3.22. The summed E-state index contributed by atoms with van der Waals surface area (Å²) in [5.74, 6) is -0.184. The van der Waals surface area contributed by atoms with E-state index >= 15 is 0 Å². The molecule has 1 aromatic heterocycles. The van der Waals surface area contributed by atoms with Gasteiger partial charge in [0, 0.05) is 49.3 Å². The minimum atomic E-state index is -0.184. The molecular formula is C19H23ClN4O. The molecule has 0 unspecified atom stereocenters. The molecule has 5 nitrogen and oxygen atoms in total. The Morgan fingerprint density at radius 1 is 1.20 bits per heavy atom. The molecule has 0 bridgehead atoms. The number of nitrogens with zero attached hydrogens (tertiary/aromatic N) is 3. The van der Waals surface area contributed by atoms with Crippen molar-refractivity contribution in [1.82, 2.24) is 9.88 Å². The number of halogens is 1. The maximum Gasteiger partial charge on any atom is 0.255 e. The average Bonchev–Trinajstić information content (AvgIpc) is 2.63. The molecule has 1 aliphatic heterocycles. The summed E-state index contributed by atoms with van der Waals surface area (Å²) in [7, 11) is 0. The van der Waals surface area contributed by atoms with E-state index in [1.165, 1.54) is 11.9 Å². The molecule has 0 atom stereocenters. The highest BCUT2D eigenvalue weighted by atomic mass is 35.5. The van der Waals surface area contributed by atoms with E-state index in [0.717, 1.165) is 44.0 Å². The van der Waals surface area contributed by atoms with Crippen LogP contribution in [-0.2, 0) is 0 Å². The second kappa shape index (κ2) is 7.85. The molecule has 0 spiro atoms. The first-order chi connectivity index (χ1) is 12.1. The summed E-state index contributed by atoms with van der Waals surface area (Å²) < 4.78 is 0. The van der Waals surface area contributed by atoms with Gasteiger partial charge in [0.1, 0.15) is 5.15 Å².